The third-order valence-electron chi connectivity index (χ3n) is 4.11. The minimum atomic E-state index is -0.0884. The molecule has 0 saturated heterocycles. The lowest BCUT2D eigenvalue weighted by atomic mass is 10.0. The fourth-order valence-electron chi connectivity index (χ4n) is 2.69. The zero-order valence-electron chi connectivity index (χ0n) is 16.2. The molecule has 3 aromatic rings. The number of anilines is 1. The Morgan fingerprint density at radius 2 is 1.82 bits per heavy atom. The molecule has 0 fully saturated rings. The molecule has 0 radical (unpaired) electrons. The minimum absolute atomic E-state index is 0.0884. The predicted molar refractivity (Wildman–Crippen MR) is 114 cm³/mol. The van der Waals surface area contributed by atoms with Crippen LogP contribution in [0.1, 0.15) is 18.1 Å². The zero-order valence-corrected chi connectivity index (χ0v) is 17.0. The first-order valence-corrected chi connectivity index (χ1v) is 10.1. The number of carbonyl (C=O) groups excluding carboxylic acids is 1. The molecular weight excluding hydrogens is 370 g/mol. The van der Waals surface area contributed by atoms with Crippen LogP contribution >= 0.6 is 11.8 Å². The molecule has 1 N–H and O–H groups in total. The van der Waals surface area contributed by atoms with E-state index in [1.165, 1.54) is 17.3 Å². The van der Waals surface area contributed by atoms with Crippen LogP contribution in [0.3, 0.4) is 0 Å². The van der Waals surface area contributed by atoms with E-state index in [9.17, 15) is 4.79 Å². The number of hydrogen-bond donors (Lipinski definition) is 1. The van der Waals surface area contributed by atoms with Gasteiger partial charge in [0.2, 0.25) is 5.91 Å². The fraction of sp³-hybridized carbons (Fsp3) is 0.227. The van der Waals surface area contributed by atoms with E-state index < -0.39 is 0 Å². The van der Waals surface area contributed by atoms with Gasteiger partial charge in [-0.3, -0.25) is 4.79 Å². The van der Waals surface area contributed by atoms with Crippen LogP contribution in [-0.2, 0) is 4.79 Å². The number of nitrogens with zero attached hydrogens (tertiary/aromatic N) is 2. The number of nitrogens with one attached hydrogen (secondary N) is 1. The first-order valence-electron chi connectivity index (χ1n) is 9.12. The SMILES string of the molecule is CCOc1ccc(NC(=O)CSc2ccc(-c3cc(C)ccc3C)nn2)cc1. The highest BCUT2D eigenvalue weighted by Crippen LogP contribution is 2.24. The largest absolute Gasteiger partial charge is 0.494 e. The lowest BCUT2D eigenvalue weighted by Gasteiger charge is -2.08. The third kappa shape index (κ3) is 5.33. The second-order valence-electron chi connectivity index (χ2n) is 6.37. The molecule has 5 nitrogen and oxygen atoms in total. The van der Waals surface area contributed by atoms with Crippen LogP contribution in [-0.4, -0.2) is 28.5 Å². The molecule has 3 rings (SSSR count). The Hall–Kier alpha value is -2.86. The number of amides is 1. The number of rotatable bonds is 7. The molecule has 0 atom stereocenters. The highest BCUT2D eigenvalue weighted by molar-refractivity contribution is 7.99. The summed E-state index contributed by atoms with van der Waals surface area (Å²) in [5.41, 5.74) is 5.01. The van der Waals surface area contributed by atoms with Gasteiger partial charge < -0.3 is 10.1 Å². The minimum Gasteiger partial charge on any atom is -0.494 e. The Morgan fingerprint density at radius 1 is 1.04 bits per heavy atom. The van der Waals surface area contributed by atoms with Gasteiger partial charge in [0.1, 0.15) is 10.8 Å². The van der Waals surface area contributed by atoms with Crippen molar-refractivity contribution in [1.82, 2.24) is 10.2 Å². The Bertz CT molecular complexity index is 941. The average molecular weight is 394 g/mol. The van der Waals surface area contributed by atoms with Crippen LogP contribution in [0, 0.1) is 13.8 Å². The molecule has 0 bridgehead atoms. The Morgan fingerprint density at radius 3 is 2.50 bits per heavy atom. The van der Waals surface area contributed by atoms with Crippen molar-refractivity contribution >= 4 is 23.4 Å². The Kier molecular flexibility index (Phi) is 6.66. The van der Waals surface area contributed by atoms with E-state index >= 15 is 0 Å². The zero-order chi connectivity index (χ0) is 19.9. The first-order chi connectivity index (χ1) is 13.5. The first kappa shape index (κ1) is 19.9. The maximum Gasteiger partial charge on any atom is 0.234 e. The quantitative estimate of drug-likeness (QED) is 0.579. The molecule has 1 heterocycles. The van der Waals surface area contributed by atoms with Gasteiger partial charge in [-0.1, -0.05) is 29.5 Å². The summed E-state index contributed by atoms with van der Waals surface area (Å²) in [4.78, 5) is 12.2. The molecule has 2 aromatic carbocycles. The van der Waals surface area contributed by atoms with Crippen molar-refractivity contribution in [3.63, 3.8) is 0 Å². The Labute approximate surface area is 169 Å². The number of aromatic nitrogens is 2. The van der Waals surface area contributed by atoms with E-state index in [2.05, 4.69) is 47.6 Å². The molecule has 0 aliphatic rings. The molecule has 1 amide bonds. The molecular formula is C22H23N3O2S. The normalized spacial score (nSPS) is 10.5. The van der Waals surface area contributed by atoms with Crippen LogP contribution in [0.15, 0.2) is 59.6 Å². The summed E-state index contributed by atoms with van der Waals surface area (Å²) < 4.78 is 5.39. The van der Waals surface area contributed by atoms with Crippen molar-refractivity contribution in [3.8, 4) is 17.0 Å². The molecule has 0 aliphatic heterocycles. The van der Waals surface area contributed by atoms with Crippen LogP contribution in [0.5, 0.6) is 5.75 Å². The summed E-state index contributed by atoms with van der Waals surface area (Å²) in [6, 6.07) is 17.4. The predicted octanol–water partition coefficient (Wildman–Crippen LogP) is 4.89. The van der Waals surface area contributed by atoms with Crippen LogP contribution in [0.25, 0.3) is 11.3 Å². The second kappa shape index (κ2) is 9.37. The lowest BCUT2D eigenvalue weighted by molar-refractivity contribution is -0.113. The van der Waals surface area contributed by atoms with E-state index in [1.807, 2.05) is 43.3 Å². The molecule has 6 heteroatoms. The van der Waals surface area contributed by atoms with Gasteiger partial charge in [0, 0.05) is 11.3 Å². The van der Waals surface area contributed by atoms with Gasteiger partial charge in [-0.2, -0.15) is 0 Å². The highest BCUT2D eigenvalue weighted by Gasteiger charge is 2.08. The number of benzene rings is 2. The van der Waals surface area contributed by atoms with Crippen molar-refractivity contribution in [2.75, 3.05) is 17.7 Å². The molecule has 1 aromatic heterocycles. The van der Waals surface area contributed by atoms with Crippen molar-refractivity contribution < 1.29 is 9.53 Å². The summed E-state index contributed by atoms with van der Waals surface area (Å²) in [6.45, 7) is 6.67. The van der Waals surface area contributed by atoms with Gasteiger partial charge in [-0.15, -0.1) is 10.2 Å². The van der Waals surface area contributed by atoms with Crippen LogP contribution in [0.4, 0.5) is 5.69 Å². The smallest absolute Gasteiger partial charge is 0.234 e. The molecule has 0 saturated carbocycles. The monoisotopic (exact) mass is 393 g/mol. The second-order valence-corrected chi connectivity index (χ2v) is 7.37. The number of thioether (sulfide) groups is 1. The summed E-state index contributed by atoms with van der Waals surface area (Å²) in [6.07, 6.45) is 0. The number of carbonyl (C=O) groups is 1. The van der Waals surface area contributed by atoms with E-state index in [0.29, 0.717) is 6.61 Å². The van der Waals surface area contributed by atoms with Crippen molar-refractivity contribution in [1.29, 1.82) is 0 Å². The molecule has 0 spiro atoms. The average Bonchev–Trinajstić information content (AvgIpc) is 2.70. The molecule has 0 aliphatic carbocycles. The number of hydrogen-bond acceptors (Lipinski definition) is 5. The van der Waals surface area contributed by atoms with Gasteiger partial charge in [-0.25, -0.2) is 0 Å². The van der Waals surface area contributed by atoms with Gasteiger partial charge in [0.25, 0.3) is 0 Å². The van der Waals surface area contributed by atoms with Crippen LogP contribution < -0.4 is 10.1 Å². The van der Waals surface area contributed by atoms with Crippen LogP contribution in [0.2, 0.25) is 0 Å². The van der Waals surface area contributed by atoms with Gasteiger partial charge in [-0.05, 0) is 68.8 Å². The molecule has 28 heavy (non-hydrogen) atoms. The van der Waals surface area contributed by atoms with E-state index in [1.54, 1.807) is 0 Å². The van der Waals surface area contributed by atoms with Gasteiger partial charge in [0.15, 0.2) is 0 Å². The summed E-state index contributed by atoms with van der Waals surface area (Å²) >= 11 is 1.36. The topological polar surface area (TPSA) is 64.1 Å². The van der Waals surface area contributed by atoms with Gasteiger partial charge in [0.05, 0.1) is 18.1 Å². The standard InChI is InChI=1S/C22H23N3O2S/c1-4-27-18-9-7-17(8-10-18)23-21(26)14-28-22-12-11-20(24-25-22)19-13-15(2)5-6-16(19)3/h5-13H,4,14H2,1-3H3,(H,23,26). The van der Waals surface area contributed by atoms with Crippen molar-refractivity contribution in [2.45, 2.75) is 25.8 Å². The molecule has 0 unspecified atom stereocenters. The van der Waals surface area contributed by atoms with Gasteiger partial charge >= 0.3 is 0 Å². The maximum absolute atomic E-state index is 12.2. The number of ether oxygens (including phenoxy) is 1. The summed E-state index contributed by atoms with van der Waals surface area (Å²) in [7, 11) is 0. The van der Waals surface area contributed by atoms with Crippen molar-refractivity contribution in [2.24, 2.45) is 0 Å². The Balaban J connectivity index is 1.55. The highest BCUT2D eigenvalue weighted by atomic mass is 32.2. The van der Waals surface area contributed by atoms with E-state index in [4.69, 9.17) is 4.74 Å². The summed E-state index contributed by atoms with van der Waals surface area (Å²) in [5, 5.41) is 12.2. The van der Waals surface area contributed by atoms with Crippen molar-refractivity contribution in [3.05, 3.63) is 65.7 Å². The third-order valence-corrected chi connectivity index (χ3v) is 5.03. The fourth-order valence-corrected chi connectivity index (χ4v) is 3.30. The molecule has 144 valence electrons. The van der Waals surface area contributed by atoms with E-state index in [-0.39, 0.29) is 11.7 Å². The van der Waals surface area contributed by atoms with E-state index in [0.717, 1.165) is 33.3 Å². The maximum atomic E-state index is 12.2. The summed E-state index contributed by atoms with van der Waals surface area (Å²) in [5.74, 6) is 0.966. The number of aryl methyl sites for hydroxylation is 2. The lowest BCUT2D eigenvalue weighted by Crippen LogP contribution is -2.14.